The average Bonchev–Trinajstić information content (AvgIpc) is 2.75. The molecule has 1 heterocycles. The summed E-state index contributed by atoms with van der Waals surface area (Å²) in [6.07, 6.45) is 1.01. The molecule has 0 bridgehead atoms. The van der Waals surface area contributed by atoms with Gasteiger partial charge in [0, 0.05) is 23.5 Å². The fourth-order valence-electron chi connectivity index (χ4n) is 3.80. The van der Waals surface area contributed by atoms with E-state index in [0.717, 1.165) is 15.6 Å². The van der Waals surface area contributed by atoms with Crippen LogP contribution in [0.2, 0.25) is 0 Å². The SMILES string of the molecule is CCOc1ccc(S(=O)(=O)N2CCC(C(=O)NC(C)c3cccc(Br)c3)CC2)cc1C. The molecule has 1 aliphatic heterocycles. The molecule has 8 heteroatoms. The van der Waals surface area contributed by atoms with Crippen molar-refractivity contribution in [1.82, 2.24) is 9.62 Å². The number of hydrogen-bond acceptors (Lipinski definition) is 4. The first kappa shape index (κ1) is 23.8. The molecule has 6 nitrogen and oxygen atoms in total. The lowest BCUT2D eigenvalue weighted by atomic mass is 9.96. The maximum absolute atomic E-state index is 13.1. The van der Waals surface area contributed by atoms with Crippen molar-refractivity contribution in [1.29, 1.82) is 0 Å². The lowest BCUT2D eigenvalue weighted by Gasteiger charge is -2.31. The molecule has 3 rings (SSSR count). The summed E-state index contributed by atoms with van der Waals surface area (Å²) in [6, 6.07) is 12.7. The van der Waals surface area contributed by atoms with E-state index < -0.39 is 10.0 Å². The Kier molecular flexibility index (Phi) is 7.78. The second kappa shape index (κ2) is 10.1. The maximum Gasteiger partial charge on any atom is 0.243 e. The maximum atomic E-state index is 13.1. The van der Waals surface area contributed by atoms with Crippen molar-refractivity contribution in [2.75, 3.05) is 19.7 Å². The van der Waals surface area contributed by atoms with E-state index in [0.29, 0.717) is 38.3 Å². The van der Waals surface area contributed by atoms with Crippen LogP contribution >= 0.6 is 15.9 Å². The zero-order chi connectivity index (χ0) is 22.6. The molecule has 0 aromatic heterocycles. The highest BCUT2D eigenvalue weighted by Crippen LogP contribution is 2.28. The van der Waals surface area contributed by atoms with E-state index in [-0.39, 0.29) is 22.8 Å². The lowest BCUT2D eigenvalue weighted by molar-refractivity contribution is -0.126. The van der Waals surface area contributed by atoms with Gasteiger partial charge >= 0.3 is 0 Å². The van der Waals surface area contributed by atoms with Gasteiger partial charge in [0.2, 0.25) is 15.9 Å². The molecule has 31 heavy (non-hydrogen) atoms. The topological polar surface area (TPSA) is 75.7 Å². The number of sulfonamides is 1. The van der Waals surface area contributed by atoms with Crippen LogP contribution in [0.1, 0.15) is 43.9 Å². The van der Waals surface area contributed by atoms with Crippen LogP contribution in [0.3, 0.4) is 0 Å². The molecule has 0 saturated carbocycles. The molecule has 1 fully saturated rings. The van der Waals surface area contributed by atoms with Gasteiger partial charge in [0.25, 0.3) is 0 Å². The Morgan fingerprint density at radius 2 is 1.94 bits per heavy atom. The van der Waals surface area contributed by atoms with Gasteiger partial charge in [-0.05, 0) is 75.1 Å². The number of carbonyl (C=O) groups is 1. The number of nitrogens with one attached hydrogen (secondary N) is 1. The van der Waals surface area contributed by atoms with Crippen LogP contribution in [-0.2, 0) is 14.8 Å². The highest BCUT2D eigenvalue weighted by Gasteiger charge is 2.32. The van der Waals surface area contributed by atoms with Gasteiger partial charge in [-0.15, -0.1) is 0 Å². The predicted molar refractivity (Wildman–Crippen MR) is 125 cm³/mol. The van der Waals surface area contributed by atoms with E-state index in [1.165, 1.54) is 4.31 Å². The fraction of sp³-hybridized carbons (Fsp3) is 0.435. The van der Waals surface area contributed by atoms with Crippen molar-refractivity contribution in [2.24, 2.45) is 5.92 Å². The molecule has 2 aromatic rings. The van der Waals surface area contributed by atoms with Crippen molar-refractivity contribution in [3.8, 4) is 5.75 Å². The van der Waals surface area contributed by atoms with Gasteiger partial charge < -0.3 is 10.1 Å². The third kappa shape index (κ3) is 5.67. The van der Waals surface area contributed by atoms with Crippen LogP contribution in [0.15, 0.2) is 51.8 Å². The van der Waals surface area contributed by atoms with Crippen LogP contribution in [0.5, 0.6) is 5.75 Å². The molecule has 1 unspecified atom stereocenters. The highest BCUT2D eigenvalue weighted by molar-refractivity contribution is 9.10. The first-order chi connectivity index (χ1) is 14.7. The molecule has 1 aliphatic rings. The van der Waals surface area contributed by atoms with Gasteiger partial charge in [0.15, 0.2) is 0 Å². The summed E-state index contributed by atoms with van der Waals surface area (Å²) in [5, 5.41) is 3.06. The minimum absolute atomic E-state index is 0.0264. The van der Waals surface area contributed by atoms with E-state index in [4.69, 9.17) is 4.74 Å². The normalized spacial score (nSPS) is 16.6. The molecule has 1 N–H and O–H groups in total. The third-order valence-corrected chi connectivity index (χ3v) is 8.00. The van der Waals surface area contributed by atoms with Gasteiger partial charge in [-0.3, -0.25) is 4.79 Å². The Labute approximate surface area is 193 Å². The smallest absolute Gasteiger partial charge is 0.243 e. The molecular weight excluding hydrogens is 480 g/mol. The van der Waals surface area contributed by atoms with Gasteiger partial charge in [-0.2, -0.15) is 4.31 Å². The minimum Gasteiger partial charge on any atom is -0.494 e. The summed E-state index contributed by atoms with van der Waals surface area (Å²) in [5.41, 5.74) is 1.81. The van der Waals surface area contributed by atoms with E-state index >= 15 is 0 Å². The monoisotopic (exact) mass is 508 g/mol. The molecule has 0 aliphatic carbocycles. The molecule has 1 amide bonds. The predicted octanol–water partition coefficient (Wildman–Crippen LogP) is 4.43. The zero-order valence-electron chi connectivity index (χ0n) is 18.1. The molecule has 1 saturated heterocycles. The first-order valence-corrected chi connectivity index (χ1v) is 12.7. The van der Waals surface area contributed by atoms with Crippen molar-refractivity contribution < 1.29 is 17.9 Å². The van der Waals surface area contributed by atoms with Crippen molar-refractivity contribution in [3.63, 3.8) is 0 Å². The van der Waals surface area contributed by atoms with Crippen molar-refractivity contribution in [3.05, 3.63) is 58.1 Å². The summed E-state index contributed by atoms with van der Waals surface area (Å²) in [7, 11) is -3.60. The van der Waals surface area contributed by atoms with E-state index in [9.17, 15) is 13.2 Å². The third-order valence-electron chi connectivity index (χ3n) is 5.62. The highest BCUT2D eigenvalue weighted by atomic mass is 79.9. The van der Waals surface area contributed by atoms with Gasteiger partial charge in [0.1, 0.15) is 5.75 Å². The Bertz CT molecular complexity index is 1030. The number of carbonyl (C=O) groups excluding carboxylic acids is 1. The van der Waals surface area contributed by atoms with E-state index in [2.05, 4.69) is 21.2 Å². The van der Waals surface area contributed by atoms with Crippen LogP contribution in [0.25, 0.3) is 0 Å². The second-order valence-electron chi connectivity index (χ2n) is 7.82. The van der Waals surface area contributed by atoms with Gasteiger partial charge in [-0.25, -0.2) is 8.42 Å². The Morgan fingerprint density at radius 3 is 2.55 bits per heavy atom. The van der Waals surface area contributed by atoms with Gasteiger partial charge in [0.05, 0.1) is 17.5 Å². The summed E-state index contributed by atoms with van der Waals surface area (Å²) < 4.78 is 34.1. The van der Waals surface area contributed by atoms with Crippen LogP contribution in [0, 0.1) is 12.8 Å². The standard InChI is InChI=1S/C23H29BrN2O4S/c1-4-30-22-9-8-21(14-16(22)2)31(28,29)26-12-10-18(11-13-26)23(27)25-17(3)19-6-5-7-20(24)15-19/h5-9,14-15,17-18H,4,10-13H2,1-3H3,(H,25,27). The van der Waals surface area contributed by atoms with Gasteiger partial charge in [-0.1, -0.05) is 28.1 Å². The fourth-order valence-corrected chi connectivity index (χ4v) is 5.77. The van der Waals surface area contributed by atoms with Crippen LogP contribution in [0.4, 0.5) is 0 Å². The van der Waals surface area contributed by atoms with Crippen molar-refractivity contribution in [2.45, 2.75) is 44.6 Å². The molecular formula is C23H29BrN2O4S. The van der Waals surface area contributed by atoms with Crippen molar-refractivity contribution >= 4 is 31.9 Å². The molecule has 1 atom stereocenters. The number of nitrogens with zero attached hydrogens (tertiary/aromatic N) is 1. The molecule has 2 aromatic carbocycles. The Balaban J connectivity index is 1.60. The summed E-state index contributed by atoms with van der Waals surface area (Å²) in [5.74, 6) is 0.473. The summed E-state index contributed by atoms with van der Waals surface area (Å²) in [6.45, 7) is 6.88. The average molecular weight is 509 g/mol. The molecule has 0 radical (unpaired) electrons. The number of hydrogen-bond donors (Lipinski definition) is 1. The number of rotatable bonds is 7. The number of aryl methyl sites for hydroxylation is 1. The summed E-state index contributed by atoms with van der Waals surface area (Å²) in [4.78, 5) is 13.0. The van der Waals surface area contributed by atoms with E-state index in [1.54, 1.807) is 18.2 Å². The molecule has 168 valence electrons. The molecule has 0 spiro atoms. The van der Waals surface area contributed by atoms with E-state index in [1.807, 2.05) is 45.0 Å². The first-order valence-electron chi connectivity index (χ1n) is 10.5. The second-order valence-corrected chi connectivity index (χ2v) is 10.7. The minimum atomic E-state index is -3.60. The Morgan fingerprint density at radius 1 is 1.23 bits per heavy atom. The summed E-state index contributed by atoms with van der Waals surface area (Å²) >= 11 is 3.45. The van der Waals surface area contributed by atoms with Crippen LogP contribution < -0.4 is 10.1 Å². The number of ether oxygens (including phenoxy) is 1. The quantitative estimate of drug-likeness (QED) is 0.599. The zero-order valence-corrected chi connectivity index (χ0v) is 20.5. The number of benzene rings is 2. The lowest BCUT2D eigenvalue weighted by Crippen LogP contribution is -2.43. The number of halogens is 1. The Hall–Kier alpha value is -1.90. The number of amides is 1. The largest absolute Gasteiger partial charge is 0.494 e. The number of piperidine rings is 1. The van der Waals surface area contributed by atoms with Crippen LogP contribution in [-0.4, -0.2) is 38.3 Å².